The van der Waals surface area contributed by atoms with Gasteiger partial charge in [-0.2, -0.15) is 0 Å². The van der Waals surface area contributed by atoms with E-state index >= 15 is 0 Å². The Morgan fingerprint density at radius 1 is 1.23 bits per heavy atom. The van der Waals surface area contributed by atoms with Crippen LogP contribution in [-0.4, -0.2) is 36.4 Å². The molecule has 3 aliphatic rings. The summed E-state index contributed by atoms with van der Waals surface area (Å²) in [5, 5.41) is 3.57. The van der Waals surface area contributed by atoms with Crippen molar-refractivity contribution in [2.75, 3.05) is 24.5 Å². The number of amides is 1. The molecule has 1 aromatic carbocycles. The van der Waals surface area contributed by atoms with E-state index in [9.17, 15) is 4.79 Å². The molecule has 1 aromatic rings. The molecule has 0 aliphatic carbocycles. The first kappa shape index (κ1) is 13.9. The van der Waals surface area contributed by atoms with E-state index in [0.717, 1.165) is 41.0 Å². The lowest BCUT2D eigenvalue weighted by Crippen LogP contribution is -2.34. The number of rotatable bonds is 1. The highest BCUT2D eigenvalue weighted by Crippen LogP contribution is 2.39. The van der Waals surface area contributed by atoms with Crippen molar-refractivity contribution in [2.45, 2.75) is 26.3 Å². The SMILES string of the molecule is CC1CCN(c2ccc3c(c2Cl)CN2CC(=O)NC2=N3)CC1. The summed E-state index contributed by atoms with van der Waals surface area (Å²) in [7, 11) is 0. The van der Waals surface area contributed by atoms with Crippen LogP contribution in [0.15, 0.2) is 17.1 Å². The first-order valence-electron chi connectivity index (χ1n) is 7.81. The van der Waals surface area contributed by atoms with Gasteiger partial charge in [-0.05, 0) is 30.9 Å². The number of nitrogens with one attached hydrogen (secondary N) is 1. The predicted octanol–water partition coefficient (Wildman–Crippen LogP) is 2.51. The van der Waals surface area contributed by atoms with Crippen molar-refractivity contribution in [3.8, 4) is 0 Å². The average Bonchev–Trinajstić information content (AvgIpc) is 2.86. The highest BCUT2D eigenvalue weighted by atomic mass is 35.5. The van der Waals surface area contributed by atoms with Gasteiger partial charge >= 0.3 is 0 Å². The van der Waals surface area contributed by atoms with E-state index in [1.807, 2.05) is 11.0 Å². The van der Waals surface area contributed by atoms with Gasteiger partial charge in [-0.1, -0.05) is 18.5 Å². The third-order valence-corrected chi connectivity index (χ3v) is 5.20. The van der Waals surface area contributed by atoms with E-state index < -0.39 is 0 Å². The fraction of sp³-hybridized carbons (Fsp3) is 0.500. The number of aliphatic imine (C=N–C) groups is 1. The molecule has 2 saturated heterocycles. The summed E-state index contributed by atoms with van der Waals surface area (Å²) >= 11 is 6.68. The fourth-order valence-electron chi connectivity index (χ4n) is 3.37. The zero-order valence-electron chi connectivity index (χ0n) is 12.6. The van der Waals surface area contributed by atoms with Gasteiger partial charge in [-0.15, -0.1) is 0 Å². The second-order valence-electron chi connectivity index (χ2n) is 6.41. The molecule has 0 spiro atoms. The summed E-state index contributed by atoms with van der Waals surface area (Å²) in [6.45, 7) is 5.42. The van der Waals surface area contributed by atoms with Crippen LogP contribution in [0, 0.1) is 5.92 Å². The Morgan fingerprint density at radius 2 is 2.00 bits per heavy atom. The minimum atomic E-state index is -0.00656. The number of benzene rings is 1. The van der Waals surface area contributed by atoms with Crippen LogP contribution in [0.25, 0.3) is 0 Å². The summed E-state index contributed by atoms with van der Waals surface area (Å²) in [6, 6.07) is 4.08. The van der Waals surface area contributed by atoms with E-state index in [0.29, 0.717) is 19.0 Å². The molecular formula is C16H19ClN4O. The average molecular weight is 319 g/mol. The Hall–Kier alpha value is -1.75. The molecule has 2 fully saturated rings. The van der Waals surface area contributed by atoms with E-state index in [2.05, 4.69) is 28.2 Å². The molecular weight excluding hydrogens is 300 g/mol. The number of fused-ring (bicyclic) bond motifs is 2. The smallest absolute Gasteiger partial charge is 0.246 e. The molecule has 0 radical (unpaired) electrons. The summed E-state index contributed by atoms with van der Waals surface area (Å²) in [6.07, 6.45) is 2.42. The van der Waals surface area contributed by atoms with E-state index in [-0.39, 0.29) is 5.91 Å². The third-order valence-electron chi connectivity index (χ3n) is 4.78. The minimum Gasteiger partial charge on any atom is -0.370 e. The van der Waals surface area contributed by atoms with Gasteiger partial charge in [0, 0.05) is 18.7 Å². The molecule has 116 valence electrons. The quantitative estimate of drug-likeness (QED) is 0.865. The molecule has 4 rings (SSSR count). The van der Waals surface area contributed by atoms with Crippen LogP contribution < -0.4 is 10.2 Å². The number of guanidine groups is 1. The van der Waals surface area contributed by atoms with Gasteiger partial charge < -0.3 is 9.80 Å². The van der Waals surface area contributed by atoms with Gasteiger partial charge in [-0.25, -0.2) is 4.99 Å². The highest BCUT2D eigenvalue weighted by Gasteiger charge is 2.31. The molecule has 3 heterocycles. The summed E-state index contributed by atoms with van der Waals surface area (Å²) in [5.74, 6) is 1.43. The first-order chi connectivity index (χ1) is 10.6. The molecule has 6 heteroatoms. The molecule has 0 unspecified atom stereocenters. The van der Waals surface area contributed by atoms with E-state index in [1.54, 1.807) is 0 Å². The first-order valence-corrected chi connectivity index (χ1v) is 8.19. The van der Waals surface area contributed by atoms with Gasteiger partial charge in [0.05, 0.1) is 22.9 Å². The molecule has 3 aliphatic heterocycles. The molecule has 0 saturated carbocycles. The largest absolute Gasteiger partial charge is 0.370 e. The summed E-state index contributed by atoms with van der Waals surface area (Å²) in [5.41, 5.74) is 3.00. The maximum absolute atomic E-state index is 11.5. The highest BCUT2D eigenvalue weighted by molar-refractivity contribution is 6.34. The third kappa shape index (κ3) is 2.24. The zero-order chi connectivity index (χ0) is 15.3. The number of anilines is 1. The number of carbonyl (C=O) groups excluding carboxylic acids is 1. The van der Waals surface area contributed by atoms with Crippen molar-refractivity contribution in [3.63, 3.8) is 0 Å². The minimum absolute atomic E-state index is 0.00656. The van der Waals surface area contributed by atoms with Crippen molar-refractivity contribution in [1.29, 1.82) is 0 Å². The Balaban J connectivity index is 1.66. The van der Waals surface area contributed by atoms with Crippen LogP contribution in [0.4, 0.5) is 11.4 Å². The van der Waals surface area contributed by atoms with Crippen molar-refractivity contribution in [2.24, 2.45) is 10.9 Å². The molecule has 22 heavy (non-hydrogen) atoms. The van der Waals surface area contributed by atoms with Gasteiger partial charge in [0.2, 0.25) is 11.9 Å². The van der Waals surface area contributed by atoms with Crippen LogP contribution in [0.2, 0.25) is 5.02 Å². The van der Waals surface area contributed by atoms with Gasteiger partial charge in [-0.3, -0.25) is 10.1 Å². The van der Waals surface area contributed by atoms with Crippen LogP contribution in [0.1, 0.15) is 25.3 Å². The maximum atomic E-state index is 11.5. The molecule has 1 amide bonds. The molecule has 0 atom stereocenters. The number of hydrogen-bond donors (Lipinski definition) is 1. The van der Waals surface area contributed by atoms with E-state index in [4.69, 9.17) is 11.6 Å². The second-order valence-corrected chi connectivity index (χ2v) is 6.78. The summed E-state index contributed by atoms with van der Waals surface area (Å²) in [4.78, 5) is 20.4. The van der Waals surface area contributed by atoms with Gasteiger partial charge in [0.15, 0.2) is 0 Å². The van der Waals surface area contributed by atoms with Crippen molar-refractivity contribution in [1.82, 2.24) is 10.2 Å². The molecule has 5 nitrogen and oxygen atoms in total. The standard InChI is InChI=1S/C16H19ClN4O/c1-10-4-6-20(7-5-10)13-3-2-12-11(15(13)17)8-21-9-14(22)19-16(21)18-12/h2-3,10H,4-9H2,1H3,(H,18,19,22). The zero-order valence-corrected chi connectivity index (χ0v) is 13.4. The van der Waals surface area contributed by atoms with Crippen LogP contribution in [0.5, 0.6) is 0 Å². The van der Waals surface area contributed by atoms with Gasteiger partial charge in [0.25, 0.3) is 0 Å². The van der Waals surface area contributed by atoms with Crippen LogP contribution in [-0.2, 0) is 11.3 Å². The second kappa shape index (κ2) is 5.16. The van der Waals surface area contributed by atoms with Crippen LogP contribution >= 0.6 is 11.6 Å². The maximum Gasteiger partial charge on any atom is 0.246 e. The van der Waals surface area contributed by atoms with Crippen LogP contribution in [0.3, 0.4) is 0 Å². The lowest BCUT2D eigenvalue weighted by molar-refractivity contribution is -0.118. The Morgan fingerprint density at radius 3 is 2.77 bits per heavy atom. The van der Waals surface area contributed by atoms with E-state index in [1.165, 1.54) is 12.8 Å². The van der Waals surface area contributed by atoms with Gasteiger partial charge in [0.1, 0.15) is 6.54 Å². The van der Waals surface area contributed by atoms with Crippen molar-refractivity contribution in [3.05, 3.63) is 22.7 Å². The topological polar surface area (TPSA) is 47.9 Å². The monoisotopic (exact) mass is 318 g/mol. The lowest BCUT2D eigenvalue weighted by Gasteiger charge is -2.34. The predicted molar refractivity (Wildman–Crippen MR) is 87.7 cm³/mol. The number of nitrogens with zero attached hydrogens (tertiary/aromatic N) is 3. The normalized spacial score (nSPS) is 21.4. The molecule has 0 aromatic heterocycles. The fourth-order valence-corrected chi connectivity index (χ4v) is 3.71. The Bertz CT molecular complexity index is 664. The molecule has 0 bridgehead atoms. The molecule has 1 N–H and O–H groups in total. The summed E-state index contributed by atoms with van der Waals surface area (Å²) < 4.78 is 0. The number of hydrogen-bond acceptors (Lipinski definition) is 4. The Kier molecular flexibility index (Phi) is 3.26. The lowest BCUT2D eigenvalue weighted by atomic mass is 9.98. The van der Waals surface area contributed by atoms with Crippen molar-refractivity contribution < 1.29 is 4.79 Å². The number of piperidine rings is 1. The number of carbonyl (C=O) groups is 1. The van der Waals surface area contributed by atoms with Crippen molar-refractivity contribution >= 4 is 34.8 Å². The Labute approximate surface area is 134 Å². The number of halogens is 1.